The van der Waals surface area contributed by atoms with Gasteiger partial charge in [0.2, 0.25) is 0 Å². The van der Waals surface area contributed by atoms with Gasteiger partial charge in [-0.3, -0.25) is 9.59 Å². The van der Waals surface area contributed by atoms with Gasteiger partial charge >= 0.3 is 11.9 Å². The van der Waals surface area contributed by atoms with Crippen LogP contribution >= 0.6 is 0 Å². The summed E-state index contributed by atoms with van der Waals surface area (Å²) in [7, 11) is 0. The first-order valence-electron chi connectivity index (χ1n) is 25.1. The van der Waals surface area contributed by atoms with Crippen LogP contribution in [0.4, 0.5) is 0 Å². The molecule has 0 radical (unpaired) electrons. The predicted octanol–water partition coefficient (Wildman–Crippen LogP) is 14.7. The Morgan fingerprint density at radius 3 is 1.04 bits per heavy atom. The van der Waals surface area contributed by atoms with Crippen LogP contribution in [0.15, 0.2) is 0 Å². The van der Waals surface area contributed by atoms with Gasteiger partial charge in [-0.25, -0.2) is 0 Å². The van der Waals surface area contributed by atoms with Crippen LogP contribution in [0.25, 0.3) is 0 Å². The Kier molecular flexibility index (Phi) is 44.0. The SMILES string of the molecule is CCCCCCCCC(CCCCCC)COC(=O)CCCCCCN(CCCCO)CCCCCCC(=O)OCC(CCCCCC)CCCCCCCC. The van der Waals surface area contributed by atoms with Gasteiger partial charge in [0.1, 0.15) is 0 Å². The van der Waals surface area contributed by atoms with Crippen molar-refractivity contribution >= 4 is 11.9 Å². The number of nitrogens with zero attached hydrogens (tertiary/aromatic N) is 1. The number of hydrogen-bond donors (Lipinski definition) is 1. The van der Waals surface area contributed by atoms with Crippen molar-refractivity contribution in [2.24, 2.45) is 11.8 Å². The number of carbonyl (C=O) groups is 2. The molecule has 0 aliphatic carbocycles. The Morgan fingerprint density at radius 2 is 0.679 bits per heavy atom. The van der Waals surface area contributed by atoms with Crippen molar-refractivity contribution in [1.82, 2.24) is 4.90 Å². The van der Waals surface area contributed by atoms with Crippen molar-refractivity contribution in [1.29, 1.82) is 0 Å². The lowest BCUT2D eigenvalue weighted by Gasteiger charge is -2.22. The topological polar surface area (TPSA) is 76.1 Å². The quantitative estimate of drug-likeness (QED) is 0.0489. The predicted molar refractivity (Wildman–Crippen MR) is 241 cm³/mol. The van der Waals surface area contributed by atoms with E-state index in [1.54, 1.807) is 0 Å². The van der Waals surface area contributed by atoms with E-state index in [4.69, 9.17) is 9.47 Å². The highest BCUT2D eigenvalue weighted by atomic mass is 16.5. The van der Waals surface area contributed by atoms with Gasteiger partial charge in [0.15, 0.2) is 0 Å². The Bertz CT molecular complexity index is 746. The molecule has 0 aliphatic rings. The van der Waals surface area contributed by atoms with Gasteiger partial charge < -0.3 is 19.5 Å². The molecular weight excluding hydrogens is 695 g/mol. The number of carbonyl (C=O) groups excluding carboxylic acids is 2. The maximum atomic E-state index is 12.6. The molecular formula is C50H99NO5. The van der Waals surface area contributed by atoms with E-state index in [1.165, 1.54) is 154 Å². The highest BCUT2D eigenvalue weighted by molar-refractivity contribution is 5.69. The number of rotatable bonds is 46. The number of hydrogen-bond acceptors (Lipinski definition) is 6. The van der Waals surface area contributed by atoms with Crippen LogP contribution in [-0.4, -0.2) is 61.4 Å². The minimum absolute atomic E-state index is 0.00380. The third-order valence-corrected chi connectivity index (χ3v) is 11.9. The molecule has 1 N–H and O–H groups in total. The van der Waals surface area contributed by atoms with Gasteiger partial charge in [0.25, 0.3) is 0 Å². The second-order valence-corrected chi connectivity index (χ2v) is 17.5. The summed E-state index contributed by atoms with van der Waals surface area (Å²) in [4.78, 5) is 27.8. The molecule has 0 aromatic rings. The van der Waals surface area contributed by atoms with Gasteiger partial charge in [-0.05, 0) is 95.7 Å². The van der Waals surface area contributed by atoms with Crippen LogP contribution in [0.3, 0.4) is 0 Å². The summed E-state index contributed by atoms with van der Waals surface area (Å²) in [6.45, 7) is 13.8. The fourth-order valence-electron chi connectivity index (χ4n) is 8.03. The van der Waals surface area contributed by atoms with Gasteiger partial charge in [-0.2, -0.15) is 0 Å². The van der Waals surface area contributed by atoms with E-state index in [9.17, 15) is 14.7 Å². The zero-order valence-electron chi connectivity index (χ0n) is 38.4. The van der Waals surface area contributed by atoms with Crippen LogP contribution in [0.2, 0.25) is 0 Å². The summed E-state index contributed by atoms with van der Waals surface area (Å²) in [6, 6.07) is 0. The lowest BCUT2D eigenvalue weighted by Crippen LogP contribution is -2.27. The fraction of sp³-hybridized carbons (Fsp3) is 0.960. The van der Waals surface area contributed by atoms with E-state index in [0.29, 0.717) is 37.9 Å². The van der Waals surface area contributed by atoms with Crippen molar-refractivity contribution in [2.75, 3.05) is 39.5 Å². The first-order chi connectivity index (χ1) is 27.5. The molecule has 0 amide bonds. The molecule has 0 aliphatic heterocycles. The molecule has 6 nitrogen and oxygen atoms in total. The van der Waals surface area contributed by atoms with Gasteiger partial charge in [0, 0.05) is 19.4 Å². The van der Waals surface area contributed by atoms with Crippen LogP contribution in [0.5, 0.6) is 0 Å². The summed E-state index contributed by atoms with van der Waals surface area (Å²) in [5, 5.41) is 9.32. The van der Waals surface area contributed by atoms with Crippen molar-refractivity contribution < 1.29 is 24.2 Å². The molecule has 56 heavy (non-hydrogen) atoms. The third kappa shape index (κ3) is 39.7. The van der Waals surface area contributed by atoms with Crippen LogP contribution in [0, 0.1) is 11.8 Å². The fourth-order valence-corrected chi connectivity index (χ4v) is 8.03. The first kappa shape index (κ1) is 54.9. The van der Waals surface area contributed by atoms with E-state index in [1.807, 2.05) is 0 Å². The smallest absolute Gasteiger partial charge is 0.305 e. The zero-order chi connectivity index (χ0) is 41.0. The lowest BCUT2D eigenvalue weighted by atomic mass is 9.95. The molecule has 334 valence electrons. The van der Waals surface area contributed by atoms with Crippen LogP contribution in [-0.2, 0) is 19.1 Å². The molecule has 0 bridgehead atoms. The Balaban J connectivity index is 4.30. The number of aliphatic hydroxyl groups is 1. The molecule has 0 saturated heterocycles. The zero-order valence-corrected chi connectivity index (χ0v) is 38.4. The number of esters is 2. The molecule has 0 heterocycles. The third-order valence-electron chi connectivity index (χ3n) is 11.9. The number of ether oxygens (including phenoxy) is 2. The first-order valence-corrected chi connectivity index (χ1v) is 25.1. The average molecular weight is 794 g/mol. The summed E-state index contributed by atoms with van der Waals surface area (Å²) in [5.41, 5.74) is 0. The van der Waals surface area contributed by atoms with Crippen molar-refractivity contribution in [3.63, 3.8) is 0 Å². The second kappa shape index (κ2) is 45.0. The number of aliphatic hydroxyl groups excluding tert-OH is 1. The van der Waals surface area contributed by atoms with Gasteiger partial charge in [0.05, 0.1) is 13.2 Å². The maximum absolute atomic E-state index is 12.6. The van der Waals surface area contributed by atoms with E-state index in [0.717, 1.165) is 83.8 Å². The highest BCUT2D eigenvalue weighted by Gasteiger charge is 2.14. The Hall–Kier alpha value is -1.14. The van der Waals surface area contributed by atoms with Crippen molar-refractivity contribution in [2.45, 2.75) is 259 Å². The monoisotopic (exact) mass is 794 g/mol. The van der Waals surface area contributed by atoms with E-state index >= 15 is 0 Å². The molecule has 6 heteroatoms. The summed E-state index contributed by atoms with van der Waals surface area (Å²) >= 11 is 0. The molecule has 0 spiro atoms. The molecule has 0 fully saturated rings. The summed E-state index contributed by atoms with van der Waals surface area (Å²) in [6.07, 6.45) is 42.5. The largest absolute Gasteiger partial charge is 0.465 e. The standard InChI is InChI=1S/C50H99NO5/c1-5-9-13-17-19-27-37-47(35-25-15-11-7-3)45-55-49(53)39-29-21-23-31-41-51(43-33-34-44-52)42-32-24-22-30-40-50(54)56-46-48(36-26-16-12-8-4)38-28-20-18-14-10-6-2/h47-48,52H,5-46H2,1-4H3. The maximum Gasteiger partial charge on any atom is 0.305 e. The molecule has 0 aromatic carbocycles. The Labute approximate surface area is 350 Å². The minimum Gasteiger partial charge on any atom is -0.465 e. The molecule has 0 saturated carbocycles. The van der Waals surface area contributed by atoms with E-state index in [-0.39, 0.29) is 18.5 Å². The highest BCUT2D eigenvalue weighted by Crippen LogP contribution is 2.22. The normalized spacial score (nSPS) is 12.7. The van der Waals surface area contributed by atoms with Crippen molar-refractivity contribution in [3.8, 4) is 0 Å². The molecule has 2 atom stereocenters. The van der Waals surface area contributed by atoms with Gasteiger partial charge in [-0.15, -0.1) is 0 Å². The van der Waals surface area contributed by atoms with E-state index in [2.05, 4.69) is 32.6 Å². The molecule has 0 rings (SSSR count). The Morgan fingerprint density at radius 1 is 0.393 bits per heavy atom. The summed E-state index contributed by atoms with van der Waals surface area (Å²) in [5.74, 6) is 1.05. The van der Waals surface area contributed by atoms with Gasteiger partial charge in [-0.1, -0.05) is 182 Å². The molecule has 0 aromatic heterocycles. The van der Waals surface area contributed by atoms with Crippen LogP contribution in [0.1, 0.15) is 259 Å². The average Bonchev–Trinajstić information content (AvgIpc) is 3.20. The minimum atomic E-state index is -0.00380. The summed E-state index contributed by atoms with van der Waals surface area (Å²) < 4.78 is 11.6. The molecule has 2 unspecified atom stereocenters. The van der Waals surface area contributed by atoms with Crippen LogP contribution < -0.4 is 0 Å². The second-order valence-electron chi connectivity index (χ2n) is 17.5. The van der Waals surface area contributed by atoms with E-state index < -0.39 is 0 Å². The van der Waals surface area contributed by atoms with Crippen molar-refractivity contribution in [3.05, 3.63) is 0 Å². The number of unbranched alkanes of at least 4 members (excludes halogenated alkanes) is 23. The lowest BCUT2D eigenvalue weighted by molar-refractivity contribution is -0.146.